The van der Waals surface area contributed by atoms with Gasteiger partial charge in [0.25, 0.3) is 5.91 Å². The van der Waals surface area contributed by atoms with Gasteiger partial charge in [-0.2, -0.15) is 5.10 Å². The molecule has 8 heteroatoms. The lowest BCUT2D eigenvalue weighted by Gasteiger charge is -2.21. The molecule has 0 bridgehead atoms. The lowest BCUT2D eigenvalue weighted by Crippen LogP contribution is -2.39. The Balaban J connectivity index is 1.29. The van der Waals surface area contributed by atoms with E-state index in [1.54, 1.807) is 12.1 Å². The summed E-state index contributed by atoms with van der Waals surface area (Å²) in [6, 6.07) is 11.1. The Morgan fingerprint density at radius 1 is 1.30 bits per heavy atom. The van der Waals surface area contributed by atoms with Gasteiger partial charge in [0, 0.05) is 51.5 Å². The molecule has 4 rings (SSSR count). The number of aromatic nitrogens is 2. The number of nitrogens with zero attached hydrogens (tertiary/aromatic N) is 4. The van der Waals surface area contributed by atoms with Gasteiger partial charge in [0.1, 0.15) is 0 Å². The fraction of sp³-hybridized carbons (Fsp3) is 0.318. The number of carbonyl (C=O) groups excluding carboxylic acids is 1. The predicted molar refractivity (Wildman–Crippen MR) is 115 cm³/mol. The minimum atomic E-state index is -0.261. The summed E-state index contributed by atoms with van der Waals surface area (Å²) < 4.78 is 6.96. The Morgan fingerprint density at radius 3 is 2.80 bits per heavy atom. The van der Waals surface area contributed by atoms with Crippen molar-refractivity contribution in [3.63, 3.8) is 0 Å². The van der Waals surface area contributed by atoms with Gasteiger partial charge in [-0.1, -0.05) is 12.1 Å². The second-order valence-corrected chi connectivity index (χ2v) is 7.41. The topological polar surface area (TPSA) is 87.7 Å². The lowest BCUT2D eigenvalue weighted by molar-refractivity contribution is 0.0996. The van der Waals surface area contributed by atoms with Crippen LogP contribution in [-0.2, 0) is 13.6 Å². The molecule has 0 spiro atoms. The maximum absolute atomic E-state index is 12.0. The zero-order valence-corrected chi connectivity index (χ0v) is 17.2. The molecule has 3 aromatic rings. The number of rotatable bonds is 5. The molecule has 1 fully saturated rings. The molecule has 1 aromatic carbocycles. The number of hydrogen-bond donors (Lipinski definition) is 2. The number of anilines is 1. The van der Waals surface area contributed by atoms with Crippen LogP contribution in [0.3, 0.4) is 0 Å². The molecule has 2 aromatic heterocycles. The molecule has 2 N–H and O–H groups in total. The SMILES string of the molecule is CN=C(NCc1ccc(NC(=O)c2ccco2)cc1)N1CCC(c2cnn(C)c2)C1. The molecule has 3 heterocycles. The zero-order valence-electron chi connectivity index (χ0n) is 17.2. The summed E-state index contributed by atoms with van der Waals surface area (Å²) >= 11 is 0. The number of guanidine groups is 1. The van der Waals surface area contributed by atoms with Crippen LogP contribution in [0.2, 0.25) is 0 Å². The van der Waals surface area contributed by atoms with Crippen LogP contribution in [0.4, 0.5) is 5.69 Å². The average Bonchev–Trinajstić information content (AvgIpc) is 3.51. The van der Waals surface area contributed by atoms with E-state index in [9.17, 15) is 4.79 Å². The normalized spacial score (nSPS) is 16.7. The fourth-order valence-corrected chi connectivity index (χ4v) is 3.70. The van der Waals surface area contributed by atoms with Crippen LogP contribution in [0.15, 0.2) is 64.5 Å². The van der Waals surface area contributed by atoms with Crippen LogP contribution >= 0.6 is 0 Å². The lowest BCUT2D eigenvalue weighted by atomic mass is 10.0. The highest BCUT2D eigenvalue weighted by atomic mass is 16.3. The minimum absolute atomic E-state index is 0.261. The maximum atomic E-state index is 12.0. The maximum Gasteiger partial charge on any atom is 0.291 e. The summed E-state index contributed by atoms with van der Waals surface area (Å²) in [6.07, 6.45) is 6.62. The van der Waals surface area contributed by atoms with Crippen molar-refractivity contribution in [1.82, 2.24) is 20.0 Å². The Morgan fingerprint density at radius 2 is 2.13 bits per heavy atom. The summed E-state index contributed by atoms with van der Waals surface area (Å²) in [4.78, 5) is 18.8. The Hall–Kier alpha value is -3.55. The van der Waals surface area contributed by atoms with Crippen molar-refractivity contribution in [2.45, 2.75) is 18.9 Å². The van der Waals surface area contributed by atoms with Crippen molar-refractivity contribution in [2.75, 3.05) is 25.5 Å². The number of furan rings is 1. The molecule has 8 nitrogen and oxygen atoms in total. The Kier molecular flexibility index (Phi) is 5.83. The van der Waals surface area contributed by atoms with Crippen LogP contribution in [0.5, 0.6) is 0 Å². The molecule has 1 amide bonds. The molecule has 1 aliphatic heterocycles. The fourth-order valence-electron chi connectivity index (χ4n) is 3.70. The molecular weight excluding hydrogens is 380 g/mol. The van der Waals surface area contributed by atoms with Gasteiger partial charge >= 0.3 is 0 Å². The first kappa shape index (κ1) is 19.8. The highest BCUT2D eigenvalue weighted by Gasteiger charge is 2.26. The average molecular weight is 406 g/mol. The molecule has 1 saturated heterocycles. The largest absolute Gasteiger partial charge is 0.459 e. The van der Waals surface area contributed by atoms with E-state index in [-0.39, 0.29) is 5.91 Å². The van der Waals surface area contributed by atoms with Gasteiger partial charge in [-0.05, 0) is 41.8 Å². The third-order valence-corrected chi connectivity index (χ3v) is 5.30. The van der Waals surface area contributed by atoms with Crippen molar-refractivity contribution >= 4 is 17.6 Å². The van der Waals surface area contributed by atoms with E-state index in [0.717, 1.165) is 36.7 Å². The van der Waals surface area contributed by atoms with Crippen molar-refractivity contribution in [2.24, 2.45) is 12.0 Å². The van der Waals surface area contributed by atoms with Crippen LogP contribution in [0, 0.1) is 0 Å². The second-order valence-electron chi connectivity index (χ2n) is 7.41. The molecule has 30 heavy (non-hydrogen) atoms. The summed E-state index contributed by atoms with van der Waals surface area (Å²) in [7, 11) is 3.76. The van der Waals surface area contributed by atoms with E-state index in [1.165, 1.54) is 11.8 Å². The van der Waals surface area contributed by atoms with Crippen LogP contribution < -0.4 is 10.6 Å². The molecule has 1 atom stereocenters. The van der Waals surface area contributed by atoms with Gasteiger partial charge < -0.3 is 20.0 Å². The molecule has 0 radical (unpaired) electrons. The number of aryl methyl sites for hydroxylation is 1. The first-order chi connectivity index (χ1) is 14.6. The number of aliphatic imine (C=N–C) groups is 1. The van der Waals surface area contributed by atoms with Gasteiger partial charge in [0.2, 0.25) is 0 Å². The Bertz CT molecular complexity index is 1010. The van der Waals surface area contributed by atoms with E-state index in [2.05, 4.69) is 31.8 Å². The second kappa shape index (κ2) is 8.86. The third kappa shape index (κ3) is 4.53. The molecule has 1 aliphatic rings. The van der Waals surface area contributed by atoms with E-state index in [4.69, 9.17) is 4.42 Å². The zero-order chi connectivity index (χ0) is 20.9. The summed E-state index contributed by atoms with van der Waals surface area (Å²) in [5.41, 5.74) is 3.11. The van der Waals surface area contributed by atoms with Crippen LogP contribution in [0.1, 0.15) is 34.0 Å². The predicted octanol–water partition coefficient (Wildman–Crippen LogP) is 2.83. The van der Waals surface area contributed by atoms with E-state index in [0.29, 0.717) is 18.2 Å². The number of carbonyl (C=O) groups is 1. The number of amides is 1. The summed E-state index contributed by atoms with van der Waals surface area (Å²) in [5, 5.41) is 10.6. The van der Waals surface area contributed by atoms with Crippen molar-refractivity contribution < 1.29 is 9.21 Å². The van der Waals surface area contributed by atoms with Crippen LogP contribution in [0.25, 0.3) is 0 Å². The highest BCUT2D eigenvalue weighted by molar-refractivity contribution is 6.02. The summed E-state index contributed by atoms with van der Waals surface area (Å²) in [6.45, 7) is 2.56. The van der Waals surface area contributed by atoms with Crippen molar-refractivity contribution in [1.29, 1.82) is 0 Å². The van der Waals surface area contributed by atoms with Crippen molar-refractivity contribution in [3.05, 3.63) is 71.9 Å². The Labute approximate surface area is 175 Å². The number of benzene rings is 1. The molecule has 156 valence electrons. The van der Waals surface area contributed by atoms with Gasteiger partial charge in [-0.3, -0.25) is 14.5 Å². The number of hydrogen-bond acceptors (Lipinski definition) is 4. The standard InChI is InChI=1S/C22H26N6O2/c1-23-22(28-10-9-17(15-28)18-13-25-27(2)14-18)24-12-16-5-7-19(8-6-16)26-21(29)20-4-3-11-30-20/h3-8,11,13-14,17H,9-10,12,15H2,1-2H3,(H,23,24)(H,26,29). The third-order valence-electron chi connectivity index (χ3n) is 5.30. The van der Waals surface area contributed by atoms with Crippen LogP contribution in [-0.4, -0.2) is 46.7 Å². The molecule has 1 unspecified atom stereocenters. The number of likely N-dealkylation sites (tertiary alicyclic amines) is 1. The monoisotopic (exact) mass is 406 g/mol. The van der Waals surface area contributed by atoms with E-state index < -0.39 is 0 Å². The van der Waals surface area contributed by atoms with E-state index in [1.807, 2.05) is 49.2 Å². The van der Waals surface area contributed by atoms with Gasteiger partial charge in [-0.25, -0.2) is 0 Å². The van der Waals surface area contributed by atoms with Crippen molar-refractivity contribution in [3.8, 4) is 0 Å². The summed E-state index contributed by atoms with van der Waals surface area (Å²) in [5.74, 6) is 1.41. The smallest absolute Gasteiger partial charge is 0.291 e. The van der Waals surface area contributed by atoms with Gasteiger partial charge in [0.15, 0.2) is 11.7 Å². The minimum Gasteiger partial charge on any atom is -0.459 e. The first-order valence-electron chi connectivity index (χ1n) is 10.0. The quantitative estimate of drug-likeness (QED) is 0.503. The van der Waals surface area contributed by atoms with Gasteiger partial charge in [-0.15, -0.1) is 0 Å². The van der Waals surface area contributed by atoms with Gasteiger partial charge in [0.05, 0.1) is 12.5 Å². The number of nitrogens with one attached hydrogen (secondary N) is 2. The molecule has 0 saturated carbocycles. The highest BCUT2D eigenvalue weighted by Crippen LogP contribution is 2.26. The van der Waals surface area contributed by atoms with E-state index >= 15 is 0 Å². The first-order valence-corrected chi connectivity index (χ1v) is 10.0. The molecular formula is C22H26N6O2. The molecule has 0 aliphatic carbocycles.